The van der Waals surface area contributed by atoms with E-state index in [2.05, 4.69) is 21.3 Å². The molecule has 2 aromatic carbocycles. The van der Waals surface area contributed by atoms with Gasteiger partial charge in [-0.1, -0.05) is 35.9 Å². The molecule has 2 aromatic rings. The van der Waals surface area contributed by atoms with Crippen molar-refractivity contribution in [1.82, 2.24) is 10.9 Å². The van der Waals surface area contributed by atoms with Gasteiger partial charge in [-0.05, 0) is 37.6 Å². The highest BCUT2D eigenvalue weighted by Crippen LogP contribution is 2.24. The fourth-order valence-electron chi connectivity index (χ4n) is 3.12. The fraction of sp³-hybridized carbons (Fsp3) is 0.238. The van der Waals surface area contributed by atoms with Crippen molar-refractivity contribution in [2.24, 2.45) is 10.8 Å². The lowest BCUT2D eigenvalue weighted by Gasteiger charge is -2.20. The van der Waals surface area contributed by atoms with E-state index in [9.17, 15) is 14.4 Å². The van der Waals surface area contributed by atoms with Crippen LogP contribution >= 0.6 is 0 Å². The van der Waals surface area contributed by atoms with Crippen LogP contribution in [0.3, 0.4) is 0 Å². The van der Waals surface area contributed by atoms with Gasteiger partial charge in [-0.3, -0.25) is 30.2 Å². The zero-order chi connectivity index (χ0) is 21.7. The highest BCUT2D eigenvalue weighted by Gasteiger charge is 2.35. The van der Waals surface area contributed by atoms with Crippen molar-refractivity contribution in [2.45, 2.75) is 26.3 Å². The summed E-state index contributed by atoms with van der Waals surface area (Å²) in [4.78, 5) is 36.2. The number of hydrazine groups is 1. The third-order valence-corrected chi connectivity index (χ3v) is 4.66. The molecule has 1 atom stereocenters. The molecule has 1 aliphatic heterocycles. The third-order valence-electron chi connectivity index (χ3n) is 4.66. The van der Waals surface area contributed by atoms with Crippen molar-refractivity contribution in [3.8, 4) is 0 Å². The summed E-state index contributed by atoms with van der Waals surface area (Å²) in [6.45, 7) is 3.92. The smallest absolute Gasteiger partial charge is 0.285 e. The van der Waals surface area contributed by atoms with Crippen molar-refractivity contribution < 1.29 is 14.4 Å². The molecule has 0 fully saturated rings. The van der Waals surface area contributed by atoms with Gasteiger partial charge in [-0.2, -0.15) is 5.10 Å². The summed E-state index contributed by atoms with van der Waals surface area (Å²) < 4.78 is 0. The molecule has 0 spiro atoms. The average molecular weight is 408 g/mol. The molecule has 30 heavy (non-hydrogen) atoms. The number of nitrogens with two attached hydrogens (primary N) is 1. The molecule has 5 N–H and O–H groups in total. The van der Waals surface area contributed by atoms with Crippen LogP contribution in [0.5, 0.6) is 0 Å². The molecule has 3 rings (SSSR count). The van der Waals surface area contributed by atoms with Crippen LogP contribution in [0.4, 0.5) is 11.4 Å². The maximum Gasteiger partial charge on any atom is 0.285 e. The Morgan fingerprint density at radius 3 is 2.50 bits per heavy atom. The number of hydrogen-bond acceptors (Lipinski definition) is 6. The Bertz CT molecular complexity index is 989. The first kappa shape index (κ1) is 20.8. The van der Waals surface area contributed by atoms with Gasteiger partial charge in [0.2, 0.25) is 5.91 Å². The normalized spacial score (nSPS) is 15.3. The molecule has 156 valence electrons. The molecular weight excluding hydrogens is 384 g/mol. The number of nitrogens with zero attached hydrogens (tertiary/aromatic N) is 2. The van der Waals surface area contributed by atoms with Crippen LogP contribution in [0, 0.1) is 13.8 Å². The minimum atomic E-state index is -0.768. The Hall–Kier alpha value is -3.88. The van der Waals surface area contributed by atoms with E-state index >= 15 is 0 Å². The van der Waals surface area contributed by atoms with Gasteiger partial charge in [-0.25, -0.2) is 0 Å². The summed E-state index contributed by atoms with van der Waals surface area (Å²) in [7, 11) is 0. The Kier molecular flexibility index (Phi) is 6.31. The number of aryl methyl sites for hydroxylation is 2. The van der Waals surface area contributed by atoms with Crippen LogP contribution in [0.2, 0.25) is 0 Å². The molecule has 0 saturated heterocycles. The van der Waals surface area contributed by atoms with Crippen molar-refractivity contribution in [2.75, 3.05) is 16.9 Å². The summed E-state index contributed by atoms with van der Waals surface area (Å²) in [5.74, 6) is -1.61. The number of benzene rings is 2. The molecule has 1 heterocycles. The second kappa shape index (κ2) is 9.08. The largest absolute Gasteiger partial charge is 0.376 e. The predicted octanol–water partition coefficient (Wildman–Crippen LogP) is 0.983. The Morgan fingerprint density at radius 1 is 1.10 bits per heavy atom. The molecule has 0 radical (unpaired) electrons. The van der Waals surface area contributed by atoms with Gasteiger partial charge < -0.3 is 11.1 Å². The van der Waals surface area contributed by atoms with Crippen LogP contribution in [0.25, 0.3) is 0 Å². The predicted molar refractivity (Wildman–Crippen MR) is 115 cm³/mol. The van der Waals surface area contributed by atoms with E-state index in [0.717, 1.165) is 16.8 Å². The molecule has 0 bridgehead atoms. The third kappa shape index (κ3) is 4.93. The van der Waals surface area contributed by atoms with Crippen LogP contribution in [0.15, 0.2) is 53.6 Å². The van der Waals surface area contributed by atoms with Crippen LogP contribution < -0.4 is 26.9 Å². The topological polar surface area (TPSA) is 129 Å². The lowest BCUT2D eigenvalue weighted by Crippen LogP contribution is -2.47. The second-order valence-electron chi connectivity index (χ2n) is 7.02. The lowest BCUT2D eigenvalue weighted by atomic mass is 10.1. The Balaban J connectivity index is 1.56. The zero-order valence-corrected chi connectivity index (χ0v) is 16.8. The molecule has 1 unspecified atom stereocenters. The van der Waals surface area contributed by atoms with Crippen LogP contribution in [-0.2, 0) is 14.4 Å². The molecule has 0 aliphatic carbocycles. The highest BCUT2D eigenvalue weighted by atomic mass is 16.2. The van der Waals surface area contributed by atoms with Gasteiger partial charge in [0, 0.05) is 12.1 Å². The first-order valence-electron chi connectivity index (χ1n) is 9.46. The van der Waals surface area contributed by atoms with Gasteiger partial charge >= 0.3 is 0 Å². The number of carbonyl (C=O) groups excluding carboxylic acids is 3. The molecule has 9 nitrogen and oxygen atoms in total. The number of amides is 3. The minimum Gasteiger partial charge on any atom is -0.376 e. The molecule has 3 amide bonds. The molecule has 1 aliphatic rings. The van der Waals surface area contributed by atoms with E-state index in [4.69, 9.17) is 5.73 Å². The minimum absolute atomic E-state index is 0.0172. The van der Waals surface area contributed by atoms with E-state index < -0.39 is 23.8 Å². The van der Waals surface area contributed by atoms with E-state index in [1.807, 2.05) is 38.1 Å². The second-order valence-corrected chi connectivity index (χ2v) is 7.02. The van der Waals surface area contributed by atoms with E-state index in [-0.39, 0.29) is 18.7 Å². The Morgan fingerprint density at radius 2 is 1.83 bits per heavy atom. The standard InChI is InChI=1S/C21H24N6O3/c1-13-8-9-16(14(2)10-13)23-12-19(28)24-25-21(30)17-11-18(20(22)29)27(26-17)15-6-4-3-5-7-15/h3-10,18,23H,11-12H2,1-2H3,(H2,22,29)(H,24,28)(H,25,30). The highest BCUT2D eigenvalue weighted by molar-refractivity contribution is 6.40. The molecule has 9 heteroatoms. The van der Waals surface area contributed by atoms with Gasteiger partial charge in [0.15, 0.2) is 0 Å². The SMILES string of the molecule is Cc1ccc(NCC(=O)NNC(=O)C2=NN(c3ccccc3)C(C(N)=O)C2)c(C)c1. The molecule has 0 aromatic heterocycles. The number of carbonyl (C=O) groups is 3. The summed E-state index contributed by atoms with van der Waals surface area (Å²) >= 11 is 0. The fourth-order valence-corrected chi connectivity index (χ4v) is 3.12. The zero-order valence-electron chi connectivity index (χ0n) is 16.8. The van der Waals surface area contributed by atoms with Crippen molar-refractivity contribution in [1.29, 1.82) is 0 Å². The summed E-state index contributed by atoms with van der Waals surface area (Å²) in [6, 6.07) is 14.0. The quantitative estimate of drug-likeness (QED) is 0.530. The number of para-hydroxylation sites is 1. The van der Waals surface area contributed by atoms with E-state index in [1.54, 1.807) is 24.3 Å². The van der Waals surface area contributed by atoms with Crippen LogP contribution in [-0.4, -0.2) is 36.0 Å². The number of rotatable bonds is 6. The average Bonchev–Trinajstić information content (AvgIpc) is 3.18. The van der Waals surface area contributed by atoms with Gasteiger partial charge in [0.05, 0.1) is 12.2 Å². The number of anilines is 2. The summed E-state index contributed by atoms with van der Waals surface area (Å²) in [5.41, 5.74) is 13.9. The van der Waals surface area contributed by atoms with E-state index in [0.29, 0.717) is 5.69 Å². The number of primary amides is 1. The molecular formula is C21H24N6O3. The first-order valence-corrected chi connectivity index (χ1v) is 9.46. The van der Waals surface area contributed by atoms with Gasteiger partial charge in [-0.15, -0.1) is 0 Å². The number of nitrogens with one attached hydrogen (secondary N) is 3. The number of hydrazone groups is 1. The maximum absolute atomic E-state index is 12.4. The van der Waals surface area contributed by atoms with Crippen LogP contribution in [0.1, 0.15) is 17.5 Å². The molecule has 0 saturated carbocycles. The van der Waals surface area contributed by atoms with Crippen molar-refractivity contribution in [3.05, 3.63) is 59.7 Å². The Labute approximate surface area is 174 Å². The summed E-state index contributed by atoms with van der Waals surface area (Å²) in [6.07, 6.45) is 0.0484. The maximum atomic E-state index is 12.4. The number of hydrogen-bond donors (Lipinski definition) is 4. The van der Waals surface area contributed by atoms with Gasteiger partial charge in [0.25, 0.3) is 11.8 Å². The van der Waals surface area contributed by atoms with Crippen molar-refractivity contribution >= 4 is 34.8 Å². The van der Waals surface area contributed by atoms with Crippen molar-refractivity contribution in [3.63, 3.8) is 0 Å². The monoisotopic (exact) mass is 408 g/mol. The first-order chi connectivity index (χ1) is 14.3. The lowest BCUT2D eigenvalue weighted by molar-refractivity contribution is -0.125. The van der Waals surface area contributed by atoms with E-state index in [1.165, 1.54) is 5.01 Å². The summed E-state index contributed by atoms with van der Waals surface area (Å²) in [5, 5.41) is 8.66. The van der Waals surface area contributed by atoms with Gasteiger partial charge in [0.1, 0.15) is 11.8 Å².